The van der Waals surface area contributed by atoms with Crippen LogP contribution in [-0.2, 0) is 9.53 Å². The van der Waals surface area contributed by atoms with Crippen molar-refractivity contribution in [3.8, 4) is 5.82 Å². The number of nitrogens with zero attached hydrogens (tertiary/aromatic N) is 3. The van der Waals surface area contributed by atoms with E-state index in [1.54, 1.807) is 30.4 Å². The third-order valence-corrected chi connectivity index (χ3v) is 3.99. The van der Waals surface area contributed by atoms with Crippen LogP contribution in [0.5, 0.6) is 0 Å². The number of pyridine rings is 1. The van der Waals surface area contributed by atoms with E-state index in [4.69, 9.17) is 4.74 Å². The third kappa shape index (κ3) is 4.24. The Balaban J connectivity index is 0.00000144. The van der Waals surface area contributed by atoms with Gasteiger partial charge in [-0.05, 0) is 38.1 Å². The lowest BCUT2D eigenvalue weighted by atomic mass is 9.91. The first-order chi connectivity index (χ1) is 10.7. The van der Waals surface area contributed by atoms with Crippen LogP contribution < -0.4 is 10.6 Å². The molecular weight excluding hydrogens is 353 g/mol. The summed E-state index contributed by atoms with van der Waals surface area (Å²) in [6.07, 6.45) is 8.14. The number of hydrogen-bond donors (Lipinski definition) is 2. The predicted octanol–water partition coefficient (Wildman–Crippen LogP) is 1.82. The molecule has 2 N–H and O–H groups in total. The topological polar surface area (TPSA) is 81.1 Å². The van der Waals surface area contributed by atoms with Crippen LogP contribution in [0.1, 0.15) is 12.8 Å². The van der Waals surface area contributed by atoms with Crippen LogP contribution in [0.2, 0.25) is 0 Å². The maximum absolute atomic E-state index is 12.5. The van der Waals surface area contributed by atoms with Gasteiger partial charge in [0.25, 0.3) is 5.91 Å². The van der Waals surface area contributed by atoms with E-state index in [-0.39, 0.29) is 30.7 Å². The van der Waals surface area contributed by atoms with E-state index in [1.165, 1.54) is 0 Å². The van der Waals surface area contributed by atoms with Crippen molar-refractivity contribution in [1.29, 1.82) is 0 Å². The highest BCUT2D eigenvalue weighted by molar-refractivity contribution is 5.97. The van der Waals surface area contributed by atoms with E-state index in [9.17, 15) is 4.79 Å². The van der Waals surface area contributed by atoms with Gasteiger partial charge >= 0.3 is 0 Å². The van der Waals surface area contributed by atoms with Crippen molar-refractivity contribution < 1.29 is 9.53 Å². The number of piperidine rings is 1. The van der Waals surface area contributed by atoms with Gasteiger partial charge in [-0.1, -0.05) is 0 Å². The molecule has 3 rings (SSSR count). The molecule has 0 atom stereocenters. The maximum Gasteiger partial charge on any atom is 0.256 e. The number of nitrogens with one attached hydrogen (secondary N) is 2. The molecule has 0 aliphatic carbocycles. The van der Waals surface area contributed by atoms with Crippen LogP contribution in [0.3, 0.4) is 0 Å². The number of methoxy groups -OCH3 is 1. The molecule has 1 aliphatic rings. The Morgan fingerprint density at radius 3 is 2.62 bits per heavy atom. The lowest BCUT2D eigenvalue weighted by Gasteiger charge is -2.34. The van der Waals surface area contributed by atoms with Crippen molar-refractivity contribution in [2.45, 2.75) is 18.4 Å². The summed E-state index contributed by atoms with van der Waals surface area (Å²) in [5.41, 5.74) is -0.0994. The van der Waals surface area contributed by atoms with E-state index >= 15 is 0 Å². The number of ether oxygens (including phenoxy) is 1. The van der Waals surface area contributed by atoms with Crippen molar-refractivity contribution in [3.05, 3.63) is 37.1 Å². The Kier molecular flexibility index (Phi) is 7.62. The molecule has 1 saturated heterocycles. The number of rotatable bonds is 4. The fourth-order valence-electron chi connectivity index (χ4n) is 2.61. The Bertz CT molecular complexity index is 628. The smallest absolute Gasteiger partial charge is 0.256 e. The highest BCUT2D eigenvalue weighted by atomic mass is 35.5. The van der Waals surface area contributed by atoms with E-state index in [0.717, 1.165) is 18.9 Å². The van der Waals surface area contributed by atoms with Crippen LogP contribution in [-0.4, -0.2) is 46.2 Å². The number of imidazole rings is 1. The molecule has 132 valence electrons. The second-order valence-corrected chi connectivity index (χ2v) is 5.28. The Labute approximate surface area is 153 Å². The van der Waals surface area contributed by atoms with Crippen molar-refractivity contribution in [2.24, 2.45) is 0 Å². The molecule has 7 nitrogen and oxygen atoms in total. The van der Waals surface area contributed by atoms with Crippen LogP contribution in [0, 0.1) is 0 Å². The van der Waals surface area contributed by atoms with Gasteiger partial charge < -0.3 is 15.4 Å². The van der Waals surface area contributed by atoms with Gasteiger partial charge in [0.05, 0.1) is 11.9 Å². The minimum absolute atomic E-state index is 0. The van der Waals surface area contributed by atoms with E-state index < -0.39 is 5.60 Å². The molecule has 0 bridgehead atoms. The number of hydrogen-bond acceptors (Lipinski definition) is 5. The molecule has 1 fully saturated rings. The van der Waals surface area contributed by atoms with Crippen molar-refractivity contribution in [3.63, 3.8) is 0 Å². The second kappa shape index (κ2) is 8.98. The lowest BCUT2D eigenvalue weighted by Crippen LogP contribution is -2.51. The molecule has 0 spiro atoms. The molecule has 0 saturated carbocycles. The first-order valence-corrected chi connectivity index (χ1v) is 7.25. The predicted molar refractivity (Wildman–Crippen MR) is 96.3 cm³/mol. The van der Waals surface area contributed by atoms with Gasteiger partial charge in [-0.25, -0.2) is 9.97 Å². The Morgan fingerprint density at radius 2 is 2.08 bits per heavy atom. The molecule has 0 radical (unpaired) electrons. The average Bonchev–Trinajstić information content (AvgIpc) is 3.10. The highest BCUT2D eigenvalue weighted by Gasteiger charge is 2.39. The van der Waals surface area contributed by atoms with Crippen molar-refractivity contribution >= 4 is 36.4 Å². The summed E-state index contributed by atoms with van der Waals surface area (Å²) in [4.78, 5) is 20.8. The van der Waals surface area contributed by atoms with E-state index in [1.807, 2.05) is 18.3 Å². The normalized spacial score (nSPS) is 15.7. The monoisotopic (exact) mass is 373 g/mol. The number of carbonyl (C=O) groups excluding carboxylic acids is 1. The summed E-state index contributed by atoms with van der Waals surface area (Å²) in [5.74, 6) is 0.632. The number of aromatic nitrogens is 3. The Morgan fingerprint density at radius 1 is 1.33 bits per heavy atom. The SMILES string of the molecule is COC1(C(=O)Nc2ccc(-n3ccnc3)nc2)CCNCC1.Cl.Cl. The zero-order chi connectivity index (χ0) is 15.4. The summed E-state index contributed by atoms with van der Waals surface area (Å²) in [6, 6.07) is 3.66. The van der Waals surface area contributed by atoms with Gasteiger partial charge in [-0.3, -0.25) is 9.36 Å². The van der Waals surface area contributed by atoms with Crippen molar-refractivity contribution in [1.82, 2.24) is 19.9 Å². The molecule has 24 heavy (non-hydrogen) atoms. The van der Waals surface area contributed by atoms with Crippen molar-refractivity contribution in [2.75, 3.05) is 25.5 Å². The third-order valence-electron chi connectivity index (χ3n) is 3.99. The minimum atomic E-state index is -0.756. The molecule has 0 aromatic carbocycles. The fraction of sp³-hybridized carbons (Fsp3) is 0.400. The molecule has 3 heterocycles. The lowest BCUT2D eigenvalue weighted by molar-refractivity contribution is -0.140. The maximum atomic E-state index is 12.5. The Hall–Kier alpha value is -1.67. The molecule has 1 aliphatic heterocycles. The largest absolute Gasteiger partial charge is 0.368 e. The van der Waals surface area contributed by atoms with E-state index in [0.29, 0.717) is 18.5 Å². The molecule has 2 aromatic heterocycles. The van der Waals surface area contributed by atoms with Gasteiger partial charge in [0.2, 0.25) is 0 Å². The van der Waals surface area contributed by atoms with Gasteiger partial charge in [-0.15, -0.1) is 24.8 Å². The van der Waals surface area contributed by atoms with Gasteiger partial charge in [-0.2, -0.15) is 0 Å². The van der Waals surface area contributed by atoms with Crippen LogP contribution in [0.4, 0.5) is 5.69 Å². The molecule has 2 aromatic rings. The quantitative estimate of drug-likeness (QED) is 0.853. The first kappa shape index (κ1) is 20.4. The molecule has 0 unspecified atom stereocenters. The highest BCUT2D eigenvalue weighted by Crippen LogP contribution is 2.24. The minimum Gasteiger partial charge on any atom is -0.368 e. The summed E-state index contributed by atoms with van der Waals surface area (Å²) < 4.78 is 7.31. The zero-order valence-corrected chi connectivity index (χ0v) is 14.9. The standard InChI is InChI=1S/C15H19N5O2.2ClH/c1-22-15(4-6-16-7-5-15)14(21)19-12-2-3-13(18-10-12)20-9-8-17-11-20;;/h2-3,8-11,16H,4-7H2,1H3,(H,19,21);2*1H. The number of amides is 1. The number of halogens is 2. The summed E-state index contributed by atoms with van der Waals surface area (Å²) >= 11 is 0. The molecule has 1 amide bonds. The van der Waals surface area contributed by atoms with Gasteiger partial charge in [0.1, 0.15) is 17.7 Å². The first-order valence-electron chi connectivity index (χ1n) is 7.25. The zero-order valence-electron chi connectivity index (χ0n) is 13.3. The van der Waals surface area contributed by atoms with Crippen LogP contribution in [0.25, 0.3) is 5.82 Å². The van der Waals surface area contributed by atoms with E-state index in [2.05, 4.69) is 20.6 Å². The molecular formula is C15H21Cl2N5O2. The average molecular weight is 374 g/mol. The molecule has 9 heteroatoms. The van der Waals surface area contributed by atoms with Crippen LogP contribution >= 0.6 is 24.8 Å². The van der Waals surface area contributed by atoms with Crippen LogP contribution in [0.15, 0.2) is 37.1 Å². The van der Waals surface area contributed by atoms with Gasteiger partial charge in [0, 0.05) is 19.5 Å². The fourth-order valence-corrected chi connectivity index (χ4v) is 2.61. The van der Waals surface area contributed by atoms with Gasteiger partial charge in [0.15, 0.2) is 0 Å². The summed E-state index contributed by atoms with van der Waals surface area (Å²) in [5, 5.41) is 6.13. The number of carbonyl (C=O) groups is 1. The second-order valence-electron chi connectivity index (χ2n) is 5.28. The number of anilines is 1. The summed E-state index contributed by atoms with van der Waals surface area (Å²) in [7, 11) is 1.59. The summed E-state index contributed by atoms with van der Waals surface area (Å²) in [6.45, 7) is 1.55.